The standard InChI is InChI=1S/C24H28N2O3/c1-3-27-22-9-5-4-7-20(22)16-26(17-21-8-6-13-25(21)2)14-12-19-10-11-23-24(15-19)29-18-28-23/h4-11,13,15H,3,12,14,16-18H2,1-2H3. The summed E-state index contributed by atoms with van der Waals surface area (Å²) in [6, 6.07) is 18.8. The van der Waals surface area contributed by atoms with Crippen molar-refractivity contribution in [1.82, 2.24) is 9.47 Å². The van der Waals surface area contributed by atoms with Crippen LogP contribution in [0.4, 0.5) is 0 Å². The molecule has 0 amide bonds. The van der Waals surface area contributed by atoms with Crippen LogP contribution in [0, 0.1) is 0 Å². The molecule has 1 aromatic heterocycles. The highest BCUT2D eigenvalue weighted by atomic mass is 16.7. The van der Waals surface area contributed by atoms with E-state index in [9.17, 15) is 0 Å². The fourth-order valence-corrected chi connectivity index (χ4v) is 3.66. The number of ether oxygens (including phenoxy) is 3. The van der Waals surface area contributed by atoms with E-state index in [4.69, 9.17) is 14.2 Å². The number of benzene rings is 2. The SMILES string of the molecule is CCOc1ccccc1CN(CCc1ccc2c(c1)OCO2)Cc1cccn1C. The number of aromatic nitrogens is 1. The third kappa shape index (κ3) is 4.74. The Kier molecular flexibility index (Phi) is 6.06. The van der Waals surface area contributed by atoms with Crippen LogP contribution < -0.4 is 14.2 Å². The third-order valence-electron chi connectivity index (χ3n) is 5.26. The predicted octanol–water partition coefficient (Wildman–Crippen LogP) is 4.40. The molecule has 1 aliphatic rings. The van der Waals surface area contributed by atoms with Gasteiger partial charge in [0.1, 0.15) is 5.75 Å². The smallest absolute Gasteiger partial charge is 0.231 e. The summed E-state index contributed by atoms with van der Waals surface area (Å²) in [7, 11) is 2.10. The van der Waals surface area contributed by atoms with Crippen LogP contribution in [-0.4, -0.2) is 29.4 Å². The molecule has 29 heavy (non-hydrogen) atoms. The van der Waals surface area contributed by atoms with Crippen molar-refractivity contribution in [3.63, 3.8) is 0 Å². The first-order chi connectivity index (χ1) is 14.2. The Balaban J connectivity index is 1.50. The molecule has 4 rings (SSSR count). The van der Waals surface area contributed by atoms with Gasteiger partial charge in [0.25, 0.3) is 0 Å². The summed E-state index contributed by atoms with van der Waals surface area (Å²) in [5.41, 5.74) is 3.77. The molecule has 0 atom stereocenters. The van der Waals surface area contributed by atoms with Crippen molar-refractivity contribution < 1.29 is 14.2 Å². The maximum atomic E-state index is 5.85. The maximum Gasteiger partial charge on any atom is 0.231 e. The number of fused-ring (bicyclic) bond motifs is 1. The van der Waals surface area contributed by atoms with Crippen LogP contribution >= 0.6 is 0 Å². The van der Waals surface area contributed by atoms with Gasteiger partial charge in [-0.25, -0.2) is 0 Å². The highest BCUT2D eigenvalue weighted by Crippen LogP contribution is 2.32. The summed E-state index contributed by atoms with van der Waals surface area (Å²) in [5, 5.41) is 0. The molecular formula is C24H28N2O3. The number of rotatable bonds is 9. The van der Waals surface area contributed by atoms with Crippen molar-refractivity contribution in [3.8, 4) is 17.2 Å². The topological polar surface area (TPSA) is 35.9 Å². The van der Waals surface area contributed by atoms with E-state index in [1.54, 1.807) is 0 Å². The van der Waals surface area contributed by atoms with Crippen LogP contribution in [0.3, 0.4) is 0 Å². The molecule has 5 heteroatoms. The van der Waals surface area contributed by atoms with Gasteiger partial charge in [-0.2, -0.15) is 0 Å². The molecule has 3 aromatic rings. The van der Waals surface area contributed by atoms with Gasteiger partial charge in [0.05, 0.1) is 6.61 Å². The number of hydrogen-bond donors (Lipinski definition) is 0. The Bertz CT molecular complexity index is 951. The van der Waals surface area contributed by atoms with Gasteiger partial charge >= 0.3 is 0 Å². The fourth-order valence-electron chi connectivity index (χ4n) is 3.66. The minimum atomic E-state index is 0.312. The van der Waals surface area contributed by atoms with Crippen LogP contribution in [0.25, 0.3) is 0 Å². The van der Waals surface area contributed by atoms with Gasteiger partial charge in [-0.05, 0) is 49.2 Å². The van der Waals surface area contributed by atoms with Gasteiger partial charge < -0.3 is 18.8 Å². The van der Waals surface area contributed by atoms with Crippen molar-refractivity contribution in [1.29, 1.82) is 0 Å². The lowest BCUT2D eigenvalue weighted by atomic mass is 10.1. The lowest BCUT2D eigenvalue weighted by Crippen LogP contribution is -2.26. The molecule has 0 radical (unpaired) electrons. The van der Waals surface area contributed by atoms with E-state index in [0.29, 0.717) is 13.4 Å². The zero-order valence-corrected chi connectivity index (χ0v) is 17.1. The largest absolute Gasteiger partial charge is 0.494 e. The van der Waals surface area contributed by atoms with Crippen molar-refractivity contribution >= 4 is 0 Å². The summed E-state index contributed by atoms with van der Waals surface area (Å²) in [5.74, 6) is 2.65. The molecule has 0 saturated carbocycles. The van der Waals surface area contributed by atoms with E-state index >= 15 is 0 Å². The van der Waals surface area contributed by atoms with Gasteiger partial charge in [0.15, 0.2) is 11.5 Å². The normalized spacial score (nSPS) is 12.5. The van der Waals surface area contributed by atoms with E-state index in [0.717, 1.165) is 43.3 Å². The summed E-state index contributed by atoms with van der Waals surface area (Å²) in [4.78, 5) is 2.47. The second-order valence-electron chi connectivity index (χ2n) is 7.30. The Morgan fingerprint density at radius 2 is 1.86 bits per heavy atom. The van der Waals surface area contributed by atoms with E-state index in [-0.39, 0.29) is 0 Å². The lowest BCUT2D eigenvalue weighted by Gasteiger charge is -2.24. The van der Waals surface area contributed by atoms with E-state index in [1.165, 1.54) is 16.8 Å². The summed E-state index contributed by atoms with van der Waals surface area (Å²) >= 11 is 0. The van der Waals surface area contributed by atoms with Gasteiger partial charge in [0, 0.05) is 44.1 Å². The van der Waals surface area contributed by atoms with E-state index < -0.39 is 0 Å². The average Bonchev–Trinajstić information content (AvgIpc) is 3.36. The molecule has 5 nitrogen and oxygen atoms in total. The summed E-state index contributed by atoms with van der Waals surface area (Å²) in [6.45, 7) is 5.67. The molecule has 0 saturated heterocycles. The lowest BCUT2D eigenvalue weighted by molar-refractivity contribution is 0.174. The van der Waals surface area contributed by atoms with Gasteiger partial charge in [0.2, 0.25) is 6.79 Å². The monoisotopic (exact) mass is 392 g/mol. The second-order valence-corrected chi connectivity index (χ2v) is 7.30. The van der Waals surface area contributed by atoms with Crippen molar-refractivity contribution in [2.24, 2.45) is 7.05 Å². The quantitative estimate of drug-likeness (QED) is 0.541. The number of para-hydroxylation sites is 1. The summed E-state index contributed by atoms with van der Waals surface area (Å²) in [6.07, 6.45) is 3.04. The Hall–Kier alpha value is -2.92. The van der Waals surface area contributed by atoms with Crippen LogP contribution in [0.1, 0.15) is 23.7 Å². The van der Waals surface area contributed by atoms with Crippen LogP contribution in [0.5, 0.6) is 17.2 Å². The van der Waals surface area contributed by atoms with Gasteiger partial charge in [-0.15, -0.1) is 0 Å². The maximum absolute atomic E-state index is 5.85. The fraction of sp³-hybridized carbons (Fsp3) is 0.333. The van der Waals surface area contributed by atoms with Crippen molar-refractivity contribution in [2.45, 2.75) is 26.4 Å². The van der Waals surface area contributed by atoms with E-state index in [1.807, 2.05) is 19.1 Å². The van der Waals surface area contributed by atoms with Crippen LogP contribution in [-0.2, 0) is 26.6 Å². The molecule has 0 aliphatic carbocycles. The van der Waals surface area contributed by atoms with Crippen molar-refractivity contribution in [3.05, 3.63) is 77.6 Å². The number of aryl methyl sites for hydroxylation is 1. The first-order valence-electron chi connectivity index (χ1n) is 10.1. The molecule has 0 bridgehead atoms. The highest BCUT2D eigenvalue weighted by molar-refractivity contribution is 5.44. The van der Waals surface area contributed by atoms with Gasteiger partial charge in [-0.1, -0.05) is 24.3 Å². The summed E-state index contributed by atoms with van der Waals surface area (Å²) < 4.78 is 19.0. The molecule has 0 unspecified atom stereocenters. The predicted molar refractivity (Wildman–Crippen MR) is 113 cm³/mol. The third-order valence-corrected chi connectivity index (χ3v) is 5.26. The molecule has 0 N–H and O–H groups in total. The molecular weight excluding hydrogens is 364 g/mol. The molecule has 1 aliphatic heterocycles. The average molecular weight is 392 g/mol. The number of hydrogen-bond acceptors (Lipinski definition) is 4. The van der Waals surface area contributed by atoms with Gasteiger partial charge in [-0.3, -0.25) is 4.90 Å². The molecule has 152 valence electrons. The Morgan fingerprint density at radius 1 is 1.00 bits per heavy atom. The zero-order valence-electron chi connectivity index (χ0n) is 17.1. The first-order valence-corrected chi connectivity index (χ1v) is 10.1. The molecule has 0 fully saturated rings. The second kappa shape index (κ2) is 9.05. The Morgan fingerprint density at radius 3 is 2.69 bits per heavy atom. The van der Waals surface area contributed by atoms with Crippen molar-refractivity contribution in [2.75, 3.05) is 19.9 Å². The molecule has 2 aromatic carbocycles. The minimum Gasteiger partial charge on any atom is -0.494 e. The van der Waals surface area contributed by atoms with Crippen LogP contribution in [0.2, 0.25) is 0 Å². The molecule has 0 spiro atoms. The van der Waals surface area contributed by atoms with E-state index in [2.05, 4.69) is 65.2 Å². The number of nitrogens with zero attached hydrogens (tertiary/aromatic N) is 2. The highest BCUT2D eigenvalue weighted by Gasteiger charge is 2.15. The Labute approximate surface area is 172 Å². The zero-order chi connectivity index (χ0) is 20.1. The first kappa shape index (κ1) is 19.4. The minimum absolute atomic E-state index is 0.312. The molecule has 2 heterocycles. The van der Waals surface area contributed by atoms with Crippen LogP contribution in [0.15, 0.2) is 60.8 Å².